The molecule has 0 atom stereocenters. The molecule has 0 bridgehead atoms. The van der Waals surface area contributed by atoms with Crippen LogP contribution in [0.2, 0.25) is 0 Å². The zero-order valence-corrected chi connectivity index (χ0v) is 10.1. The van der Waals surface area contributed by atoms with Gasteiger partial charge in [0.05, 0.1) is 7.11 Å². The van der Waals surface area contributed by atoms with E-state index in [9.17, 15) is 4.79 Å². The number of rotatable bonds is 5. The van der Waals surface area contributed by atoms with Crippen LogP contribution in [-0.2, 0) is 17.8 Å². The van der Waals surface area contributed by atoms with Crippen LogP contribution in [0.4, 0.5) is 0 Å². The Morgan fingerprint density at radius 3 is 2.62 bits per heavy atom. The standard InChI is InChI=1S/C13H19NO2/c1-9(2)12(15)6-10-4-5-11(8-14)13(7-10)16-3/h4-5,7,9H,6,8,14H2,1-3H3. The molecule has 0 saturated heterocycles. The quantitative estimate of drug-likeness (QED) is 0.826. The van der Waals surface area contributed by atoms with Crippen LogP contribution in [0.1, 0.15) is 25.0 Å². The second-order valence-corrected chi connectivity index (χ2v) is 4.15. The summed E-state index contributed by atoms with van der Waals surface area (Å²) in [6, 6.07) is 5.75. The van der Waals surface area contributed by atoms with Crippen LogP contribution < -0.4 is 10.5 Å². The van der Waals surface area contributed by atoms with Crippen LogP contribution in [0.15, 0.2) is 18.2 Å². The zero-order valence-electron chi connectivity index (χ0n) is 10.1. The van der Waals surface area contributed by atoms with Crippen LogP contribution in [0.25, 0.3) is 0 Å². The number of hydrogen-bond donors (Lipinski definition) is 1. The average Bonchev–Trinajstić information content (AvgIpc) is 2.28. The topological polar surface area (TPSA) is 52.3 Å². The number of nitrogens with two attached hydrogens (primary N) is 1. The predicted molar refractivity (Wildman–Crippen MR) is 64.4 cm³/mol. The van der Waals surface area contributed by atoms with E-state index in [4.69, 9.17) is 10.5 Å². The van der Waals surface area contributed by atoms with Gasteiger partial charge in [0, 0.05) is 24.4 Å². The second-order valence-electron chi connectivity index (χ2n) is 4.15. The van der Waals surface area contributed by atoms with Crippen LogP contribution in [0, 0.1) is 5.92 Å². The molecule has 2 N–H and O–H groups in total. The molecule has 0 aliphatic carbocycles. The molecule has 0 aromatic heterocycles. The van der Waals surface area contributed by atoms with E-state index in [1.165, 1.54) is 0 Å². The van der Waals surface area contributed by atoms with Crippen molar-refractivity contribution in [3.05, 3.63) is 29.3 Å². The molecule has 0 aliphatic heterocycles. The van der Waals surface area contributed by atoms with Gasteiger partial charge in [-0.2, -0.15) is 0 Å². The molecule has 0 radical (unpaired) electrons. The normalized spacial score (nSPS) is 10.6. The van der Waals surface area contributed by atoms with Crippen molar-refractivity contribution >= 4 is 5.78 Å². The number of ketones is 1. The third-order valence-electron chi connectivity index (χ3n) is 2.59. The summed E-state index contributed by atoms with van der Waals surface area (Å²) in [6.07, 6.45) is 0.457. The van der Waals surface area contributed by atoms with Crippen LogP contribution >= 0.6 is 0 Å². The predicted octanol–water partition coefficient (Wildman–Crippen LogP) is 1.92. The van der Waals surface area contributed by atoms with Gasteiger partial charge in [0.15, 0.2) is 0 Å². The highest BCUT2D eigenvalue weighted by molar-refractivity contribution is 5.82. The highest BCUT2D eigenvalue weighted by Gasteiger charge is 2.10. The molecule has 0 amide bonds. The van der Waals surface area contributed by atoms with Gasteiger partial charge in [-0.05, 0) is 11.6 Å². The fourth-order valence-electron chi connectivity index (χ4n) is 1.47. The van der Waals surface area contributed by atoms with Crippen molar-refractivity contribution in [2.45, 2.75) is 26.8 Å². The van der Waals surface area contributed by atoms with Crippen molar-refractivity contribution in [1.82, 2.24) is 0 Å². The average molecular weight is 221 g/mol. The van der Waals surface area contributed by atoms with E-state index in [1.807, 2.05) is 32.0 Å². The Bertz CT molecular complexity index is 372. The number of Topliss-reactive ketones (excluding diaryl/α,β-unsaturated/α-hetero) is 1. The Kier molecular flexibility index (Phi) is 4.50. The number of carbonyl (C=O) groups is 1. The SMILES string of the molecule is COc1cc(CC(=O)C(C)C)ccc1CN. The molecule has 16 heavy (non-hydrogen) atoms. The third kappa shape index (κ3) is 3.07. The van der Waals surface area contributed by atoms with Gasteiger partial charge >= 0.3 is 0 Å². The molecular weight excluding hydrogens is 202 g/mol. The summed E-state index contributed by atoms with van der Waals surface area (Å²) >= 11 is 0. The fourth-order valence-corrected chi connectivity index (χ4v) is 1.47. The number of methoxy groups -OCH3 is 1. The third-order valence-corrected chi connectivity index (χ3v) is 2.59. The Labute approximate surface area is 96.6 Å². The largest absolute Gasteiger partial charge is 0.496 e. The smallest absolute Gasteiger partial charge is 0.139 e. The highest BCUT2D eigenvalue weighted by atomic mass is 16.5. The van der Waals surface area contributed by atoms with E-state index < -0.39 is 0 Å². The van der Waals surface area contributed by atoms with E-state index in [0.29, 0.717) is 13.0 Å². The number of benzene rings is 1. The maximum absolute atomic E-state index is 11.6. The van der Waals surface area contributed by atoms with Gasteiger partial charge in [-0.15, -0.1) is 0 Å². The van der Waals surface area contributed by atoms with E-state index in [-0.39, 0.29) is 11.7 Å². The Morgan fingerprint density at radius 2 is 2.12 bits per heavy atom. The summed E-state index contributed by atoms with van der Waals surface area (Å²) in [5.74, 6) is 1.07. The van der Waals surface area contributed by atoms with Crippen molar-refractivity contribution in [3.63, 3.8) is 0 Å². The minimum atomic E-state index is 0.0696. The summed E-state index contributed by atoms with van der Waals surface area (Å²) in [4.78, 5) is 11.6. The van der Waals surface area contributed by atoms with Crippen molar-refractivity contribution in [3.8, 4) is 5.75 Å². The molecule has 88 valence electrons. The minimum absolute atomic E-state index is 0.0696. The zero-order chi connectivity index (χ0) is 12.1. The molecule has 1 aromatic carbocycles. The van der Waals surface area contributed by atoms with Gasteiger partial charge < -0.3 is 10.5 Å². The van der Waals surface area contributed by atoms with E-state index in [2.05, 4.69) is 0 Å². The lowest BCUT2D eigenvalue weighted by Crippen LogP contribution is -2.10. The Balaban J connectivity index is 2.87. The Hall–Kier alpha value is -1.35. The summed E-state index contributed by atoms with van der Waals surface area (Å²) in [7, 11) is 1.61. The summed E-state index contributed by atoms with van der Waals surface area (Å²) in [5, 5.41) is 0. The van der Waals surface area contributed by atoms with Crippen LogP contribution in [-0.4, -0.2) is 12.9 Å². The van der Waals surface area contributed by atoms with Gasteiger partial charge in [0.1, 0.15) is 11.5 Å². The molecule has 3 heteroatoms. The molecule has 0 spiro atoms. The Morgan fingerprint density at radius 1 is 1.44 bits per heavy atom. The molecule has 0 fully saturated rings. The van der Waals surface area contributed by atoms with E-state index in [0.717, 1.165) is 16.9 Å². The minimum Gasteiger partial charge on any atom is -0.496 e. The molecule has 0 heterocycles. The highest BCUT2D eigenvalue weighted by Crippen LogP contribution is 2.20. The number of hydrogen-bond acceptors (Lipinski definition) is 3. The summed E-state index contributed by atoms with van der Waals surface area (Å²) in [5.41, 5.74) is 7.52. The first-order valence-corrected chi connectivity index (χ1v) is 5.47. The van der Waals surface area contributed by atoms with Gasteiger partial charge in [-0.25, -0.2) is 0 Å². The number of ether oxygens (including phenoxy) is 1. The van der Waals surface area contributed by atoms with Crippen LogP contribution in [0.5, 0.6) is 5.75 Å². The second kappa shape index (κ2) is 5.66. The lowest BCUT2D eigenvalue weighted by atomic mass is 10.00. The maximum atomic E-state index is 11.6. The first kappa shape index (κ1) is 12.7. The molecule has 1 rings (SSSR count). The molecule has 0 saturated carbocycles. The molecule has 0 aliphatic rings. The van der Waals surface area contributed by atoms with Crippen LogP contribution in [0.3, 0.4) is 0 Å². The monoisotopic (exact) mass is 221 g/mol. The lowest BCUT2D eigenvalue weighted by molar-refractivity contribution is -0.121. The van der Waals surface area contributed by atoms with Gasteiger partial charge in [0.25, 0.3) is 0 Å². The molecule has 0 unspecified atom stereocenters. The molecular formula is C13H19NO2. The van der Waals surface area contributed by atoms with E-state index >= 15 is 0 Å². The summed E-state index contributed by atoms with van der Waals surface area (Å²) < 4.78 is 5.23. The van der Waals surface area contributed by atoms with Crippen molar-refractivity contribution in [1.29, 1.82) is 0 Å². The van der Waals surface area contributed by atoms with E-state index in [1.54, 1.807) is 7.11 Å². The molecule has 1 aromatic rings. The van der Waals surface area contributed by atoms with Crippen molar-refractivity contribution < 1.29 is 9.53 Å². The van der Waals surface area contributed by atoms with Crippen molar-refractivity contribution in [2.24, 2.45) is 11.7 Å². The lowest BCUT2D eigenvalue weighted by Gasteiger charge is -2.09. The first-order chi connectivity index (χ1) is 7.58. The van der Waals surface area contributed by atoms with Gasteiger partial charge in [-0.3, -0.25) is 4.79 Å². The molecule has 3 nitrogen and oxygen atoms in total. The fraction of sp³-hybridized carbons (Fsp3) is 0.462. The maximum Gasteiger partial charge on any atom is 0.139 e. The van der Waals surface area contributed by atoms with Gasteiger partial charge in [0.2, 0.25) is 0 Å². The first-order valence-electron chi connectivity index (χ1n) is 5.47. The van der Waals surface area contributed by atoms with Gasteiger partial charge in [-0.1, -0.05) is 26.0 Å². The summed E-state index contributed by atoms with van der Waals surface area (Å²) in [6.45, 7) is 4.27. The number of carbonyl (C=O) groups excluding carboxylic acids is 1. The van der Waals surface area contributed by atoms with Crippen molar-refractivity contribution in [2.75, 3.05) is 7.11 Å².